The summed E-state index contributed by atoms with van der Waals surface area (Å²) < 4.78 is 1.60. The van der Waals surface area contributed by atoms with Gasteiger partial charge in [-0.25, -0.2) is 9.67 Å². The molecule has 0 atom stereocenters. The number of carbonyl (C=O) groups is 1. The van der Waals surface area contributed by atoms with Crippen LogP contribution in [0.1, 0.15) is 27.6 Å². The van der Waals surface area contributed by atoms with Gasteiger partial charge in [0.15, 0.2) is 11.6 Å². The van der Waals surface area contributed by atoms with Gasteiger partial charge in [0.25, 0.3) is 0 Å². The Morgan fingerprint density at radius 2 is 1.89 bits per heavy atom. The molecule has 0 amide bonds. The summed E-state index contributed by atoms with van der Waals surface area (Å²) in [6, 6.07) is 14.1. The molecule has 0 unspecified atom stereocenters. The van der Waals surface area contributed by atoms with Crippen LogP contribution >= 0.6 is 24.0 Å². The number of ketones is 1. The first-order valence-electron chi connectivity index (χ1n) is 8.09. The maximum atomic E-state index is 13.0. The van der Waals surface area contributed by atoms with Gasteiger partial charge in [-0.1, -0.05) is 41.9 Å². The minimum atomic E-state index is -0.275. The Morgan fingerprint density at radius 1 is 1.19 bits per heavy atom. The second-order valence-corrected chi connectivity index (χ2v) is 6.55. The normalized spacial score (nSPS) is 10.7. The molecule has 1 heterocycles. The van der Waals surface area contributed by atoms with Crippen molar-refractivity contribution in [3.8, 4) is 5.69 Å². The smallest absolute Gasteiger partial charge is 0.195 e. The Morgan fingerprint density at radius 3 is 2.52 bits per heavy atom. The Kier molecular flexibility index (Phi) is 7.10. The molecule has 3 aromatic rings. The molecule has 6 nitrogen and oxygen atoms in total. The van der Waals surface area contributed by atoms with E-state index in [1.165, 1.54) is 0 Å². The van der Waals surface area contributed by atoms with Gasteiger partial charge in [-0.05, 0) is 32.3 Å². The summed E-state index contributed by atoms with van der Waals surface area (Å²) in [5, 5.41) is 14.2. The van der Waals surface area contributed by atoms with Crippen molar-refractivity contribution in [3.05, 3.63) is 76.3 Å². The van der Waals surface area contributed by atoms with E-state index in [0.717, 1.165) is 0 Å². The van der Waals surface area contributed by atoms with E-state index in [1.54, 1.807) is 35.0 Å². The molecular weight excluding hydrogens is 387 g/mol. The number of aromatic nitrogens is 3. The predicted molar refractivity (Wildman–Crippen MR) is 107 cm³/mol. The highest BCUT2D eigenvalue weighted by atomic mass is 35.5. The Labute approximate surface area is 168 Å². The number of benzene rings is 2. The third kappa shape index (κ3) is 4.73. The fourth-order valence-electron chi connectivity index (χ4n) is 2.66. The van der Waals surface area contributed by atoms with E-state index in [1.807, 2.05) is 37.2 Å². The SMILES string of the molecule is CN(C)Cc1nc(CO)nn1-c1ccc(Cl)cc1C(=O)c1ccccc1.Cl. The highest BCUT2D eigenvalue weighted by Gasteiger charge is 2.20. The molecule has 142 valence electrons. The minimum absolute atomic E-state index is 0. The van der Waals surface area contributed by atoms with E-state index >= 15 is 0 Å². The minimum Gasteiger partial charge on any atom is -0.388 e. The number of carbonyl (C=O) groups excluding carboxylic acids is 1. The molecular formula is C19H20Cl2N4O2. The quantitative estimate of drug-likeness (QED) is 0.636. The topological polar surface area (TPSA) is 71.2 Å². The molecule has 0 aliphatic carbocycles. The van der Waals surface area contributed by atoms with E-state index in [2.05, 4.69) is 10.1 Å². The van der Waals surface area contributed by atoms with Crippen molar-refractivity contribution in [1.82, 2.24) is 19.7 Å². The molecule has 0 aliphatic heterocycles. The van der Waals surface area contributed by atoms with E-state index in [4.69, 9.17) is 11.6 Å². The van der Waals surface area contributed by atoms with E-state index in [0.29, 0.717) is 40.0 Å². The van der Waals surface area contributed by atoms with Crippen LogP contribution in [0.15, 0.2) is 48.5 Å². The number of rotatable bonds is 6. The van der Waals surface area contributed by atoms with Crippen molar-refractivity contribution < 1.29 is 9.90 Å². The van der Waals surface area contributed by atoms with Crippen molar-refractivity contribution in [2.45, 2.75) is 13.2 Å². The lowest BCUT2D eigenvalue weighted by molar-refractivity contribution is 0.103. The third-order valence-electron chi connectivity index (χ3n) is 3.78. The van der Waals surface area contributed by atoms with Gasteiger partial charge < -0.3 is 10.0 Å². The van der Waals surface area contributed by atoms with Crippen LogP contribution in [0.25, 0.3) is 5.69 Å². The predicted octanol–water partition coefficient (Wildman–Crippen LogP) is 3.13. The zero-order valence-electron chi connectivity index (χ0n) is 15.0. The Balaban J connectivity index is 0.00000261. The van der Waals surface area contributed by atoms with Crippen molar-refractivity contribution in [2.24, 2.45) is 0 Å². The van der Waals surface area contributed by atoms with Gasteiger partial charge in [-0.3, -0.25) is 4.79 Å². The molecule has 0 aliphatic rings. The summed E-state index contributed by atoms with van der Waals surface area (Å²) in [7, 11) is 3.82. The highest BCUT2D eigenvalue weighted by molar-refractivity contribution is 6.31. The maximum Gasteiger partial charge on any atom is 0.195 e. The highest BCUT2D eigenvalue weighted by Crippen LogP contribution is 2.24. The van der Waals surface area contributed by atoms with E-state index < -0.39 is 0 Å². The van der Waals surface area contributed by atoms with E-state index in [-0.39, 0.29) is 24.8 Å². The lowest BCUT2D eigenvalue weighted by Crippen LogP contribution is -2.17. The largest absolute Gasteiger partial charge is 0.388 e. The molecule has 1 aromatic heterocycles. The summed E-state index contributed by atoms with van der Waals surface area (Å²) in [5.74, 6) is 0.776. The molecule has 27 heavy (non-hydrogen) atoms. The van der Waals surface area contributed by atoms with Crippen molar-refractivity contribution in [3.63, 3.8) is 0 Å². The number of hydrogen-bond donors (Lipinski definition) is 1. The molecule has 8 heteroatoms. The Hall–Kier alpha value is -2.25. The van der Waals surface area contributed by atoms with Crippen LogP contribution in [0.3, 0.4) is 0 Å². The Bertz CT molecular complexity index is 927. The fourth-order valence-corrected chi connectivity index (χ4v) is 2.83. The van der Waals surface area contributed by atoms with Crippen molar-refractivity contribution in [2.75, 3.05) is 14.1 Å². The first-order valence-corrected chi connectivity index (χ1v) is 8.47. The van der Waals surface area contributed by atoms with Crippen LogP contribution < -0.4 is 0 Å². The molecule has 0 bridgehead atoms. The summed E-state index contributed by atoms with van der Waals surface area (Å²) in [6.45, 7) is 0.234. The second-order valence-electron chi connectivity index (χ2n) is 6.11. The van der Waals surface area contributed by atoms with E-state index in [9.17, 15) is 9.90 Å². The molecule has 0 radical (unpaired) electrons. The van der Waals surface area contributed by atoms with Crippen LogP contribution in [0.2, 0.25) is 5.02 Å². The van der Waals surface area contributed by atoms with Crippen LogP contribution in [0, 0.1) is 0 Å². The zero-order chi connectivity index (χ0) is 18.7. The lowest BCUT2D eigenvalue weighted by Gasteiger charge is -2.14. The molecule has 0 saturated heterocycles. The van der Waals surface area contributed by atoms with Gasteiger partial charge in [-0.15, -0.1) is 17.5 Å². The van der Waals surface area contributed by atoms with Crippen LogP contribution in [0.4, 0.5) is 0 Å². The van der Waals surface area contributed by atoms with Gasteiger partial charge >= 0.3 is 0 Å². The average Bonchev–Trinajstić information content (AvgIpc) is 3.03. The number of nitrogens with zero attached hydrogens (tertiary/aromatic N) is 4. The molecule has 0 spiro atoms. The first-order chi connectivity index (χ1) is 12.5. The molecule has 3 rings (SSSR count). The number of aliphatic hydroxyl groups is 1. The number of aliphatic hydroxyl groups excluding tert-OH is 1. The number of hydrogen-bond acceptors (Lipinski definition) is 5. The first kappa shape index (κ1) is 21.1. The van der Waals surface area contributed by atoms with Gasteiger partial charge in [0, 0.05) is 16.1 Å². The van der Waals surface area contributed by atoms with Crippen LogP contribution in [0.5, 0.6) is 0 Å². The fraction of sp³-hybridized carbons (Fsp3) is 0.211. The van der Waals surface area contributed by atoms with Crippen LogP contribution in [-0.4, -0.2) is 44.6 Å². The molecule has 0 saturated carbocycles. The van der Waals surface area contributed by atoms with Gasteiger partial charge in [0.2, 0.25) is 0 Å². The van der Waals surface area contributed by atoms with Gasteiger partial charge in [-0.2, -0.15) is 0 Å². The molecule has 1 N–H and O–H groups in total. The standard InChI is InChI=1S/C19H19ClN4O2.ClH/c1-23(2)11-18-21-17(12-25)22-24(18)16-9-8-14(20)10-15(16)19(26)13-6-4-3-5-7-13;/h3-10,25H,11-12H2,1-2H3;1H. The zero-order valence-corrected chi connectivity index (χ0v) is 16.5. The monoisotopic (exact) mass is 406 g/mol. The summed E-state index contributed by atoms with van der Waals surface area (Å²) >= 11 is 6.15. The van der Waals surface area contributed by atoms with Crippen molar-refractivity contribution in [1.29, 1.82) is 0 Å². The van der Waals surface area contributed by atoms with Gasteiger partial charge in [0.05, 0.1) is 12.2 Å². The summed E-state index contributed by atoms with van der Waals surface area (Å²) in [5.41, 5.74) is 1.57. The maximum absolute atomic E-state index is 13.0. The van der Waals surface area contributed by atoms with Crippen molar-refractivity contribution >= 4 is 29.8 Å². The lowest BCUT2D eigenvalue weighted by atomic mass is 10.0. The second kappa shape index (κ2) is 9.10. The summed E-state index contributed by atoms with van der Waals surface area (Å²) in [6.07, 6.45) is 0. The van der Waals surface area contributed by atoms with Gasteiger partial charge in [0.1, 0.15) is 12.4 Å². The third-order valence-corrected chi connectivity index (χ3v) is 4.02. The average molecular weight is 407 g/mol. The molecule has 0 fully saturated rings. The number of halogens is 2. The molecule has 2 aromatic carbocycles. The summed E-state index contributed by atoms with van der Waals surface area (Å²) in [4.78, 5) is 19.3. The van der Waals surface area contributed by atoms with Crippen LogP contribution in [-0.2, 0) is 13.2 Å².